The zero-order valence-corrected chi connectivity index (χ0v) is 15.8. The minimum atomic E-state index is -0.610. The Bertz CT molecular complexity index is 717. The molecule has 5 nitrogen and oxygen atoms in total. The molecule has 1 fully saturated rings. The number of β-amino-alcohol motifs (C(OH)–C–C–N with tert-alkyl or cyclic N) is 1. The maximum absolute atomic E-state index is 10.7. The number of hydrogen-bond donors (Lipinski definition) is 1. The van der Waals surface area contributed by atoms with E-state index in [0.717, 1.165) is 36.8 Å². The van der Waals surface area contributed by atoms with E-state index >= 15 is 0 Å². The van der Waals surface area contributed by atoms with Crippen LogP contribution in [0.3, 0.4) is 0 Å². The fraction of sp³-hybridized carbons (Fsp3) is 0.429. The molecule has 5 heteroatoms. The lowest BCUT2D eigenvalue weighted by atomic mass is 10.0. The van der Waals surface area contributed by atoms with Crippen LogP contribution in [0.5, 0.6) is 17.2 Å². The third kappa shape index (κ3) is 4.97. The Morgan fingerprint density at radius 1 is 1.08 bits per heavy atom. The molecule has 26 heavy (non-hydrogen) atoms. The number of benzene rings is 2. The molecule has 3 rings (SSSR count). The van der Waals surface area contributed by atoms with Gasteiger partial charge in [-0.05, 0) is 62.5 Å². The molecular formula is C21H28N2O3. The van der Waals surface area contributed by atoms with Crippen molar-refractivity contribution in [1.82, 2.24) is 9.80 Å². The summed E-state index contributed by atoms with van der Waals surface area (Å²) in [5, 5.41) is 10.7. The Balaban J connectivity index is 1.61. The average molecular weight is 356 g/mol. The largest absolute Gasteiger partial charge is 0.497 e. The number of ether oxygens (including phenoxy) is 2. The van der Waals surface area contributed by atoms with Crippen molar-refractivity contribution in [3.63, 3.8) is 0 Å². The quantitative estimate of drug-likeness (QED) is 0.826. The molecule has 0 aromatic heterocycles. The van der Waals surface area contributed by atoms with Crippen LogP contribution in [-0.4, -0.2) is 61.3 Å². The highest BCUT2D eigenvalue weighted by Gasteiger charge is 2.36. The predicted octanol–water partition coefficient (Wildman–Crippen LogP) is 2.99. The minimum absolute atomic E-state index is 0.610. The van der Waals surface area contributed by atoms with Gasteiger partial charge in [-0.2, -0.15) is 0 Å². The lowest BCUT2D eigenvalue weighted by molar-refractivity contribution is 0.0240. The lowest BCUT2D eigenvalue weighted by Gasteiger charge is -2.26. The molecule has 1 N–H and O–H groups in total. The average Bonchev–Trinajstić information content (AvgIpc) is 2.95. The van der Waals surface area contributed by atoms with Gasteiger partial charge in [0.1, 0.15) is 17.2 Å². The number of likely N-dealkylation sites (N-methyl/N-ethyl adjacent to an activating group) is 1. The second-order valence-corrected chi connectivity index (χ2v) is 7.35. The number of hydrogen-bond acceptors (Lipinski definition) is 5. The molecule has 0 spiro atoms. The van der Waals surface area contributed by atoms with Crippen molar-refractivity contribution in [2.24, 2.45) is 0 Å². The van der Waals surface area contributed by atoms with E-state index in [-0.39, 0.29) is 0 Å². The smallest absolute Gasteiger partial charge is 0.127 e. The van der Waals surface area contributed by atoms with Crippen LogP contribution in [0.2, 0.25) is 0 Å². The van der Waals surface area contributed by atoms with Crippen LogP contribution in [0.4, 0.5) is 0 Å². The first-order valence-corrected chi connectivity index (χ1v) is 8.96. The summed E-state index contributed by atoms with van der Waals surface area (Å²) in [6.45, 7) is 3.13. The number of likely N-dealkylation sites (tertiary alicyclic amines) is 1. The Kier molecular flexibility index (Phi) is 5.81. The van der Waals surface area contributed by atoms with Crippen molar-refractivity contribution >= 4 is 0 Å². The van der Waals surface area contributed by atoms with E-state index in [2.05, 4.69) is 17.0 Å². The van der Waals surface area contributed by atoms with Gasteiger partial charge in [0.25, 0.3) is 0 Å². The maximum atomic E-state index is 10.7. The van der Waals surface area contributed by atoms with Crippen molar-refractivity contribution in [3.05, 3.63) is 54.1 Å². The van der Waals surface area contributed by atoms with Crippen molar-refractivity contribution in [1.29, 1.82) is 0 Å². The van der Waals surface area contributed by atoms with Crippen LogP contribution in [0.1, 0.15) is 12.0 Å². The van der Waals surface area contributed by atoms with E-state index in [1.165, 1.54) is 5.56 Å². The first-order valence-electron chi connectivity index (χ1n) is 8.96. The molecule has 0 saturated carbocycles. The van der Waals surface area contributed by atoms with Gasteiger partial charge in [0, 0.05) is 26.2 Å². The van der Waals surface area contributed by atoms with Crippen LogP contribution < -0.4 is 9.47 Å². The summed E-state index contributed by atoms with van der Waals surface area (Å²) >= 11 is 0. The molecule has 1 saturated heterocycles. The van der Waals surface area contributed by atoms with Gasteiger partial charge in [-0.3, -0.25) is 4.90 Å². The van der Waals surface area contributed by atoms with E-state index in [9.17, 15) is 5.11 Å². The zero-order chi connectivity index (χ0) is 18.6. The second kappa shape index (κ2) is 8.08. The normalized spacial score (nSPS) is 20.5. The molecule has 0 bridgehead atoms. The molecule has 1 aliphatic heterocycles. The van der Waals surface area contributed by atoms with Crippen LogP contribution in [0.25, 0.3) is 0 Å². The first-order chi connectivity index (χ1) is 12.5. The lowest BCUT2D eigenvalue weighted by Crippen LogP contribution is -2.42. The van der Waals surface area contributed by atoms with Crippen LogP contribution in [0, 0.1) is 0 Å². The van der Waals surface area contributed by atoms with E-state index in [1.807, 2.05) is 55.4 Å². The van der Waals surface area contributed by atoms with E-state index < -0.39 is 5.60 Å². The monoisotopic (exact) mass is 356 g/mol. The number of nitrogens with zero attached hydrogens (tertiary/aromatic N) is 2. The molecule has 0 radical (unpaired) electrons. The third-order valence-electron chi connectivity index (χ3n) is 4.62. The van der Waals surface area contributed by atoms with Crippen molar-refractivity contribution in [2.45, 2.75) is 18.6 Å². The van der Waals surface area contributed by atoms with Crippen molar-refractivity contribution in [2.75, 3.05) is 40.8 Å². The van der Waals surface area contributed by atoms with Gasteiger partial charge in [0.05, 0.1) is 12.7 Å². The van der Waals surface area contributed by atoms with E-state index in [0.29, 0.717) is 13.1 Å². The van der Waals surface area contributed by atoms with Gasteiger partial charge in [0.2, 0.25) is 0 Å². The Labute approximate surface area is 155 Å². The fourth-order valence-electron chi connectivity index (χ4n) is 3.54. The zero-order valence-electron chi connectivity index (χ0n) is 15.8. The van der Waals surface area contributed by atoms with E-state index in [4.69, 9.17) is 9.47 Å². The molecule has 0 amide bonds. The molecule has 1 heterocycles. The molecule has 0 aliphatic carbocycles. The Morgan fingerprint density at radius 3 is 2.50 bits per heavy atom. The summed E-state index contributed by atoms with van der Waals surface area (Å²) in [5.74, 6) is 2.41. The number of aliphatic hydroxyl groups is 1. The summed E-state index contributed by atoms with van der Waals surface area (Å²) in [6, 6.07) is 15.7. The molecule has 2 aromatic carbocycles. The highest BCUT2D eigenvalue weighted by atomic mass is 16.5. The first kappa shape index (κ1) is 18.7. The molecular weight excluding hydrogens is 328 g/mol. The molecule has 0 unspecified atom stereocenters. The number of methoxy groups -OCH3 is 1. The predicted molar refractivity (Wildman–Crippen MR) is 103 cm³/mol. The van der Waals surface area contributed by atoms with Gasteiger partial charge < -0.3 is 19.5 Å². The van der Waals surface area contributed by atoms with Crippen molar-refractivity contribution in [3.8, 4) is 17.2 Å². The number of rotatable bonds is 7. The van der Waals surface area contributed by atoms with Crippen LogP contribution in [-0.2, 0) is 6.54 Å². The van der Waals surface area contributed by atoms with Crippen LogP contribution in [0.15, 0.2) is 48.5 Å². The summed E-state index contributed by atoms with van der Waals surface area (Å²) in [4.78, 5) is 4.35. The standard InChI is InChI=1S/C21H28N2O3/c1-22(2)15-21(24)11-12-23(16-21)14-17-5-4-6-20(13-17)26-19-9-7-18(25-3)8-10-19/h4-10,13,24H,11-12,14-16H2,1-3H3/t21-/m1/s1. The van der Waals surface area contributed by atoms with Gasteiger partial charge in [-0.15, -0.1) is 0 Å². The highest BCUT2D eigenvalue weighted by Crippen LogP contribution is 2.27. The minimum Gasteiger partial charge on any atom is -0.497 e. The highest BCUT2D eigenvalue weighted by molar-refractivity contribution is 5.36. The van der Waals surface area contributed by atoms with E-state index in [1.54, 1.807) is 7.11 Å². The Morgan fingerprint density at radius 2 is 1.81 bits per heavy atom. The van der Waals surface area contributed by atoms with Crippen LogP contribution >= 0.6 is 0 Å². The van der Waals surface area contributed by atoms with Gasteiger partial charge >= 0.3 is 0 Å². The summed E-state index contributed by atoms with van der Waals surface area (Å²) in [7, 11) is 5.65. The Hall–Kier alpha value is -2.08. The molecule has 1 aliphatic rings. The molecule has 1 atom stereocenters. The second-order valence-electron chi connectivity index (χ2n) is 7.35. The fourth-order valence-corrected chi connectivity index (χ4v) is 3.54. The molecule has 2 aromatic rings. The summed E-state index contributed by atoms with van der Waals surface area (Å²) in [6.07, 6.45) is 0.813. The molecule has 140 valence electrons. The van der Waals surface area contributed by atoms with Gasteiger partial charge in [0.15, 0.2) is 0 Å². The SMILES string of the molecule is COc1ccc(Oc2cccc(CN3CC[C@@](O)(CN(C)C)C3)c2)cc1. The summed E-state index contributed by atoms with van der Waals surface area (Å²) < 4.78 is 11.1. The van der Waals surface area contributed by atoms with Gasteiger partial charge in [-0.25, -0.2) is 0 Å². The van der Waals surface area contributed by atoms with Crippen molar-refractivity contribution < 1.29 is 14.6 Å². The third-order valence-corrected chi connectivity index (χ3v) is 4.62. The maximum Gasteiger partial charge on any atom is 0.127 e. The summed E-state index contributed by atoms with van der Waals surface area (Å²) in [5.41, 5.74) is 0.575. The topological polar surface area (TPSA) is 45.2 Å². The van der Waals surface area contributed by atoms with Gasteiger partial charge in [-0.1, -0.05) is 12.1 Å².